The number of aliphatic carboxylic acids is 1. The van der Waals surface area contributed by atoms with Gasteiger partial charge < -0.3 is 20.5 Å². The van der Waals surface area contributed by atoms with Gasteiger partial charge in [0.05, 0.1) is 0 Å². The van der Waals surface area contributed by atoms with Crippen molar-refractivity contribution >= 4 is 17.7 Å². The number of hydrogen-bond donors (Lipinski definition) is 3. The van der Waals surface area contributed by atoms with Crippen LogP contribution in [0.25, 0.3) is 0 Å². The zero-order valence-corrected chi connectivity index (χ0v) is 10.1. The third-order valence-corrected chi connectivity index (χ3v) is 2.25. The minimum absolute atomic E-state index is 0.216. The van der Waals surface area contributed by atoms with E-state index < -0.39 is 18.0 Å². The molecule has 98 valence electrons. The molecule has 6 nitrogen and oxygen atoms in total. The van der Waals surface area contributed by atoms with E-state index in [0.717, 1.165) is 0 Å². The van der Waals surface area contributed by atoms with Crippen molar-refractivity contribution in [2.75, 3.05) is 19.0 Å². The smallest absolute Gasteiger partial charge is 0.326 e. The highest BCUT2D eigenvalue weighted by Gasteiger charge is 2.19. The Balaban J connectivity index is 2.48. The van der Waals surface area contributed by atoms with E-state index in [1.807, 2.05) is 6.07 Å². The van der Waals surface area contributed by atoms with E-state index in [-0.39, 0.29) is 13.0 Å². The molecule has 0 heterocycles. The van der Waals surface area contributed by atoms with Crippen LogP contribution in [0.5, 0.6) is 0 Å². The average Bonchev–Trinajstić information content (AvgIpc) is 2.35. The van der Waals surface area contributed by atoms with Gasteiger partial charge in [-0.05, 0) is 12.1 Å². The van der Waals surface area contributed by atoms with Crippen molar-refractivity contribution in [1.29, 1.82) is 0 Å². The molecule has 6 heteroatoms. The van der Waals surface area contributed by atoms with Gasteiger partial charge in [-0.1, -0.05) is 18.2 Å². The number of ether oxygens (including phenoxy) is 1. The number of carboxylic acid groups (broad SMARTS) is 1. The summed E-state index contributed by atoms with van der Waals surface area (Å²) in [6.45, 7) is 0.266. The molecule has 0 bridgehead atoms. The largest absolute Gasteiger partial charge is 0.480 e. The third kappa shape index (κ3) is 4.84. The highest BCUT2D eigenvalue weighted by molar-refractivity contribution is 5.92. The molecule has 18 heavy (non-hydrogen) atoms. The molecule has 0 aliphatic carbocycles. The fourth-order valence-corrected chi connectivity index (χ4v) is 1.34. The van der Waals surface area contributed by atoms with Crippen molar-refractivity contribution in [3.63, 3.8) is 0 Å². The van der Waals surface area contributed by atoms with E-state index in [2.05, 4.69) is 10.6 Å². The van der Waals surface area contributed by atoms with Crippen LogP contribution in [0.1, 0.15) is 6.42 Å². The molecule has 0 aliphatic heterocycles. The summed E-state index contributed by atoms with van der Waals surface area (Å²) >= 11 is 0. The molecule has 0 spiro atoms. The molecule has 0 aromatic heterocycles. The van der Waals surface area contributed by atoms with Gasteiger partial charge in [0.2, 0.25) is 0 Å². The molecular weight excluding hydrogens is 236 g/mol. The van der Waals surface area contributed by atoms with Crippen molar-refractivity contribution in [2.24, 2.45) is 0 Å². The SMILES string of the molecule is COCCC(NC(=O)Nc1ccccc1)C(=O)O. The fraction of sp³-hybridized carbons (Fsp3) is 0.333. The number of carbonyl (C=O) groups is 2. The monoisotopic (exact) mass is 252 g/mol. The Morgan fingerprint density at radius 1 is 1.33 bits per heavy atom. The molecule has 1 aromatic rings. The quantitative estimate of drug-likeness (QED) is 0.712. The van der Waals surface area contributed by atoms with Crippen molar-refractivity contribution in [3.8, 4) is 0 Å². The number of amides is 2. The van der Waals surface area contributed by atoms with Crippen LogP contribution in [0.3, 0.4) is 0 Å². The lowest BCUT2D eigenvalue weighted by Crippen LogP contribution is -2.43. The van der Waals surface area contributed by atoms with E-state index in [1.54, 1.807) is 24.3 Å². The predicted molar refractivity (Wildman–Crippen MR) is 66.5 cm³/mol. The van der Waals surface area contributed by atoms with Crippen LogP contribution in [0.4, 0.5) is 10.5 Å². The van der Waals surface area contributed by atoms with Crippen LogP contribution in [0.15, 0.2) is 30.3 Å². The summed E-state index contributed by atoms with van der Waals surface area (Å²) in [5, 5.41) is 13.8. The Bertz CT molecular complexity index is 394. The number of nitrogens with one attached hydrogen (secondary N) is 2. The zero-order valence-electron chi connectivity index (χ0n) is 10.1. The Kier molecular flexibility index (Phi) is 5.66. The molecule has 2 amide bonds. The molecule has 1 unspecified atom stereocenters. The van der Waals surface area contributed by atoms with E-state index >= 15 is 0 Å². The maximum Gasteiger partial charge on any atom is 0.326 e. The summed E-state index contributed by atoms with van der Waals surface area (Å²) in [5.74, 6) is -1.09. The number of para-hydroxylation sites is 1. The molecule has 0 saturated carbocycles. The Hall–Kier alpha value is -2.08. The molecular formula is C12H16N2O4. The maximum absolute atomic E-state index is 11.6. The standard InChI is InChI=1S/C12H16N2O4/c1-18-8-7-10(11(15)16)14-12(17)13-9-5-3-2-4-6-9/h2-6,10H,7-8H2,1H3,(H,15,16)(H2,13,14,17). The van der Waals surface area contributed by atoms with Crippen molar-refractivity contribution in [2.45, 2.75) is 12.5 Å². The Labute approximate surface area is 105 Å². The number of carboxylic acids is 1. The average molecular weight is 252 g/mol. The zero-order chi connectivity index (χ0) is 13.4. The number of anilines is 1. The molecule has 3 N–H and O–H groups in total. The molecule has 0 aliphatic rings. The van der Waals surface area contributed by atoms with E-state index in [9.17, 15) is 9.59 Å². The first-order valence-corrected chi connectivity index (χ1v) is 5.48. The second kappa shape index (κ2) is 7.29. The van der Waals surface area contributed by atoms with Gasteiger partial charge in [-0.3, -0.25) is 0 Å². The second-order valence-corrected chi connectivity index (χ2v) is 3.64. The highest BCUT2D eigenvalue weighted by atomic mass is 16.5. The number of urea groups is 1. The van der Waals surface area contributed by atoms with E-state index in [0.29, 0.717) is 5.69 Å². The molecule has 0 saturated heterocycles. The second-order valence-electron chi connectivity index (χ2n) is 3.64. The van der Waals surface area contributed by atoms with Crippen molar-refractivity contribution in [1.82, 2.24) is 5.32 Å². The summed E-state index contributed by atoms with van der Waals surface area (Å²) in [5.41, 5.74) is 0.603. The summed E-state index contributed by atoms with van der Waals surface area (Å²) < 4.78 is 4.79. The van der Waals surface area contributed by atoms with Crippen molar-refractivity contribution < 1.29 is 19.4 Å². The van der Waals surface area contributed by atoms with Gasteiger partial charge in [-0.15, -0.1) is 0 Å². The summed E-state index contributed by atoms with van der Waals surface area (Å²) in [6.07, 6.45) is 0.216. The van der Waals surface area contributed by atoms with Gasteiger partial charge >= 0.3 is 12.0 Å². The van der Waals surface area contributed by atoms with E-state index in [1.165, 1.54) is 7.11 Å². The minimum Gasteiger partial charge on any atom is -0.480 e. The molecule has 1 atom stereocenters. The molecule has 0 radical (unpaired) electrons. The van der Waals surface area contributed by atoms with Crippen LogP contribution >= 0.6 is 0 Å². The van der Waals surface area contributed by atoms with Crippen LogP contribution in [-0.2, 0) is 9.53 Å². The van der Waals surface area contributed by atoms with Gasteiger partial charge in [0.15, 0.2) is 0 Å². The fourth-order valence-electron chi connectivity index (χ4n) is 1.34. The van der Waals surface area contributed by atoms with Gasteiger partial charge in [0.25, 0.3) is 0 Å². The van der Waals surface area contributed by atoms with Crippen LogP contribution in [0, 0.1) is 0 Å². The lowest BCUT2D eigenvalue weighted by Gasteiger charge is -2.14. The number of carbonyl (C=O) groups excluding carboxylic acids is 1. The highest BCUT2D eigenvalue weighted by Crippen LogP contribution is 2.04. The molecule has 0 fully saturated rings. The topological polar surface area (TPSA) is 87.7 Å². The first-order valence-electron chi connectivity index (χ1n) is 5.48. The third-order valence-electron chi connectivity index (χ3n) is 2.25. The lowest BCUT2D eigenvalue weighted by atomic mass is 10.2. The summed E-state index contributed by atoms with van der Waals surface area (Å²) in [4.78, 5) is 22.5. The number of benzene rings is 1. The van der Waals surface area contributed by atoms with Gasteiger partial charge in [0, 0.05) is 25.8 Å². The first kappa shape index (κ1) is 14.0. The molecule has 1 aromatic carbocycles. The number of hydrogen-bond acceptors (Lipinski definition) is 3. The maximum atomic E-state index is 11.6. The van der Waals surface area contributed by atoms with Crippen LogP contribution < -0.4 is 10.6 Å². The molecule has 1 rings (SSSR count). The Morgan fingerprint density at radius 2 is 2.00 bits per heavy atom. The van der Waals surface area contributed by atoms with Gasteiger partial charge in [0.1, 0.15) is 6.04 Å². The predicted octanol–water partition coefficient (Wildman–Crippen LogP) is 1.30. The summed E-state index contributed by atoms with van der Waals surface area (Å²) in [7, 11) is 1.48. The van der Waals surface area contributed by atoms with Gasteiger partial charge in [-0.2, -0.15) is 0 Å². The van der Waals surface area contributed by atoms with Crippen LogP contribution in [0.2, 0.25) is 0 Å². The lowest BCUT2D eigenvalue weighted by molar-refractivity contribution is -0.139. The summed E-state index contributed by atoms with van der Waals surface area (Å²) in [6, 6.07) is 7.28. The number of methoxy groups -OCH3 is 1. The minimum atomic E-state index is -1.09. The normalized spacial score (nSPS) is 11.6. The number of rotatable bonds is 6. The first-order chi connectivity index (χ1) is 8.63. The Morgan fingerprint density at radius 3 is 2.56 bits per heavy atom. The van der Waals surface area contributed by atoms with Crippen LogP contribution in [-0.4, -0.2) is 36.9 Å². The van der Waals surface area contributed by atoms with E-state index in [4.69, 9.17) is 9.84 Å². The van der Waals surface area contributed by atoms with Gasteiger partial charge in [-0.25, -0.2) is 9.59 Å². The van der Waals surface area contributed by atoms with Crippen molar-refractivity contribution in [3.05, 3.63) is 30.3 Å².